The van der Waals surface area contributed by atoms with Crippen LogP contribution >= 0.6 is 11.3 Å². The van der Waals surface area contributed by atoms with Crippen molar-refractivity contribution in [2.75, 3.05) is 6.54 Å². The number of nitrogens with one attached hydrogen (secondary N) is 1. The summed E-state index contributed by atoms with van der Waals surface area (Å²) in [6, 6.07) is 5.89. The molecule has 0 unspecified atom stereocenters. The van der Waals surface area contributed by atoms with Crippen LogP contribution in [0.1, 0.15) is 4.88 Å². The van der Waals surface area contributed by atoms with Gasteiger partial charge in [0.25, 0.3) is 0 Å². The van der Waals surface area contributed by atoms with Gasteiger partial charge >= 0.3 is 0 Å². The molecule has 0 saturated heterocycles. The van der Waals surface area contributed by atoms with E-state index in [0.717, 1.165) is 17.1 Å². The molecular formula is C13H14N4OS. The van der Waals surface area contributed by atoms with Crippen molar-refractivity contribution in [3.8, 4) is 0 Å². The second-order valence-corrected chi connectivity index (χ2v) is 5.26. The third-order valence-electron chi connectivity index (χ3n) is 2.92. The van der Waals surface area contributed by atoms with E-state index >= 15 is 0 Å². The number of imidazole rings is 1. The Hall–Kier alpha value is -2.08. The van der Waals surface area contributed by atoms with E-state index in [1.807, 2.05) is 40.5 Å². The number of fused-ring (bicyclic) bond motifs is 1. The highest BCUT2D eigenvalue weighted by Crippen LogP contribution is 2.08. The van der Waals surface area contributed by atoms with E-state index < -0.39 is 0 Å². The largest absolute Gasteiger partial charge is 0.354 e. The van der Waals surface area contributed by atoms with Crippen LogP contribution in [0.5, 0.6) is 0 Å². The van der Waals surface area contributed by atoms with E-state index in [-0.39, 0.29) is 5.91 Å². The van der Waals surface area contributed by atoms with Crippen LogP contribution in [0.25, 0.3) is 5.65 Å². The lowest BCUT2D eigenvalue weighted by Crippen LogP contribution is -2.28. The lowest BCUT2D eigenvalue weighted by molar-refractivity contribution is -0.120. The van der Waals surface area contributed by atoms with Crippen LogP contribution in [-0.4, -0.2) is 26.6 Å². The summed E-state index contributed by atoms with van der Waals surface area (Å²) in [5, 5.41) is 9.06. The van der Waals surface area contributed by atoms with E-state index in [1.165, 1.54) is 0 Å². The van der Waals surface area contributed by atoms with Crippen molar-refractivity contribution < 1.29 is 4.79 Å². The van der Waals surface area contributed by atoms with Gasteiger partial charge in [0.1, 0.15) is 5.65 Å². The van der Waals surface area contributed by atoms with Crippen LogP contribution < -0.4 is 5.32 Å². The Kier molecular flexibility index (Phi) is 3.33. The molecule has 3 rings (SSSR count). The molecule has 0 saturated carbocycles. The van der Waals surface area contributed by atoms with Gasteiger partial charge in [-0.1, -0.05) is 6.07 Å². The minimum atomic E-state index is 0.0686. The minimum absolute atomic E-state index is 0.0686. The number of rotatable bonds is 5. The van der Waals surface area contributed by atoms with Gasteiger partial charge in [-0.15, -0.1) is 11.3 Å². The molecule has 0 aromatic carbocycles. The molecule has 1 amide bonds. The number of carbonyl (C=O) groups is 1. The van der Waals surface area contributed by atoms with Crippen molar-refractivity contribution in [2.24, 2.45) is 0 Å². The first-order chi connectivity index (χ1) is 9.33. The van der Waals surface area contributed by atoms with Crippen molar-refractivity contribution in [3.63, 3.8) is 0 Å². The molecule has 19 heavy (non-hydrogen) atoms. The number of hydrogen-bond donors (Lipinski definition) is 1. The predicted octanol–water partition coefficient (Wildman–Crippen LogP) is 1.56. The molecule has 3 heterocycles. The monoisotopic (exact) mass is 274 g/mol. The average Bonchev–Trinajstić information content (AvgIpc) is 3.07. The van der Waals surface area contributed by atoms with Gasteiger partial charge in [-0.2, -0.15) is 5.10 Å². The number of nitrogens with zero attached hydrogens (tertiary/aromatic N) is 3. The smallest absolute Gasteiger partial charge is 0.225 e. The second-order valence-electron chi connectivity index (χ2n) is 4.23. The summed E-state index contributed by atoms with van der Waals surface area (Å²) >= 11 is 1.61. The number of hydrogen-bond acceptors (Lipinski definition) is 3. The Morgan fingerprint density at radius 1 is 1.37 bits per heavy atom. The molecule has 0 radical (unpaired) electrons. The van der Waals surface area contributed by atoms with Crippen LogP contribution in [-0.2, 0) is 17.8 Å². The second kappa shape index (κ2) is 5.27. The highest BCUT2D eigenvalue weighted by Gasteiger charge is 2.04. The van der Waals surface area contributed by atoms with Gasteiger partial charge in [0.05, 0.1) is 12.6 Å². The van der Waals surface area contributed by atoms with Gasteiger partial charge < -0.3 is 9.88 Å². The molecule has 0 spiro atoms. The summed E-state index contributed by atoms with van der Waals surface area (Å²) in [5.41, 5.74) is 1.03. The third-order valence-corrected chi connectivity index (χ3v) is 3.80. The standard InChI is InChI=1S/C13H14N4OS/c18-12(10-11-2-1-9-19-11)14-5-6-16-7-8-17-13(16)3-4-15-17/h1-4,7-9H,5-6,10H2,(H,14,18). The number of thiophene rings is 1. The zero-order valence-corrected chi connectivity index (χ0v) is 11.1. The first-order valence-electron chi connectivity index (χ1n) is 6.10. The van der Waals surface area contributed by atoms with Gasteiger partial charge in [0.2, 0.25) is 5.91 Å². The van der Waals surface area contributed by atoms with E-state index in [9.17, 15) is 4.79 Å². The van der Waals surface area contributed by atoms with Crippen LogP contribution in [0.4, 0.5) is 0 Å². The molecule has 5 nitrogen and oxygen atoms in total. The van der Waals surface area contributed by atoms with E-state index in [1.54, 1.807) is 17.5 Å². The molecule has 98 valence electrons. The number of amides is 1. The van der Waals surface area contributed by atoms with Crippen molar-refractivity contribution in [1.82, 2.24) is 19.5 Å². The fraction of sp³-hybridized carbons (Fsp3) is 0.231. The van der Waals surface area contributed by atoms with E-state index in [2.05, 4.69) is 15.0 Å². The Morgan fingerprint density at radius 2 is 2.32 bits per heavy atom. The van der Waals surface area contributed by atoms with Gasteiger partial charge in [-0.3, -0.25) is 4.79 Å². The summed E-state index contributed by atoms with van der Waals surface area (Å²) in [7, 11) is 0. The van der Waals surface area contributed by atoms with Crippen LogP contribution in [0, 0.1) is 0 Å². The molecule has 0 aliphatic rings. The summed E-state index contributed by atoms with van der Waals surface area (Å²) < 4.78 is 3.88. The Labute approximate surface area is 114 Å². The third kappa shape index (κ3) is 2.68. The molecule has 3 aromatic rings. The molecule has 0 fully saturated rings. The minimum Gasteiger partial charge on any atom is -0.354 e. The first kappa shape index (κ1) is 12.0. The summed E-state index contributed by atoms with van der Waals surface area (Å²) in [4.78, 5) is 12.8. The van der Waals surface area contributed by atoms with Crippen molar-refractivity contribution in [3.05, 3.63) is 47.0 Å². The van der Waals surface area contributed by atoms with Gasteiger partial charge in [0, 0.05) is 36.4 Å². The molecule has 0 atom stereocenters. The van der Waals surface area contributed by atoms with Crippen LogP contribution in [0.15, 0.2) is 42.2 Å². The molecule has 0 aliphatic carbocycles. The topological polar surface area (TPSA) is 51.3 Å². The highest BCUT2D eigenvalue weighted by atomic mass is 32.1. The van der Waals surface area contributed by atoms with E-state index in [0.29, 0.717) is 13.0 Å². The Bertz CT molecular complexity index is 668. The molecule has 0 bridgehead atoms. The van der Waals surface area contributed by atoms with Crippen LogP contribution in [0.3, 0.4) is 0 Å². The lowest BCUT2D eigenvalue weighted by Gasteiger charge is -2.05. The maximum absolute atomic E-state index is 11.7. The average molecular weight is 274 g/mol. The molecule has 0 aliphatic heterocycles. The normalized spacial score (nSPS) is 10.9. The van der Waals surface area contributed by atoms with Gasteiger partial charge in [0.15, 0.2) is 0 Å². The molecule has 3 aromatic heterocycles. The first-order valence-corrected chi connectivity index (χ1v) is 6.98. The fourth-order valence-electron chi connectivity index (χ4n) is 2.01. The molecule has 1 N–H and O–H groups in total. The van der Waals surface area contributed by atoms with E-state index in [4.69, 9.17) is 0 Å². The fourth-order valence-corrected chi connectivity index (χ4v) is 2.71. The molecular weight excluding hydrogens is 260 g/mol. The van der Waals surface area contributed by atoms with Gasteiger partial charge in [-0.05, 0) is 11.4 Å². The lowest BCUT2D eigenvalue weighted by atomic mass is 10.3. The van der Waals surface area contributed by atoms with Crippen molar-refractivity contribution >= 4 is 22.9 Å². The Morgan fingerprint density at radius 3 is 3.16 bits per heavy atom. The number of carbonyl (C=O) groups excluding carboxylic acids is 1. The Balaban J connectivity index is 1.50. The zero-order valence-electron chi connectivity index (χ0n) is 10.3. The summed E-state index contributed by atoms with van der Waals surface area (Å²) in [6.07, 6.45) is 6.10. The zero-order chi connectivity index (χ0) is 13.1. The number of aromatic nitrogens is 3. The predicted molar refractivity (Wildman–Crippen MR) is 74.2 cm³/mol. The maximum Gasteiger partial charge on any atom is 0.225 e. The van der Waals surface area contributed by atoms with Crippen molar-refractivity contribution in [2.45, 2.75) is 13.0 Å². The molecule has 6 heteroatoms. The van der Waals surface area contributed by atoms with Crippen LogP contribution in [0.2, 0.25) is 0 Å². The quantitative estimate of drug-likeness (QED) is 0.767. The van der Waals surface area contributed by atoms with Gasteiger partial charge in [-0.25, -0.2) is 4.52 Å². The highest BCUT2D eigenvalue weighted by molar-refractivity contribution is 7.10. The maximum atomic E-state index is 11.7. The van der Waals surface area contributed by atoms with Crippen molar-refractivity contribution in [1.29, 1.82) is 0 Å². The summed E-state index contributed by atoms with van der Waals surface area (Å²) in [5.74, 6) is 0.0686. The SMILES string of the molecule is O=C(Cc1cccs1)NCCn1ccn2nccc12. The summed E-state index contributed by atoms with van der Waals surface area (Å²) in [6.45, 7) is 1.37.